The van der Waals surface area contributed by atoms with Gasteiger partial charge in [0.2, 0.25) is 0 Å². The molecule has 2 heterocycles. The lowest BCUT2D eigenvalue weighted by Crippen LogP contribution is -2.40. The fourth-order valence-corrected chi connectivity index (χ4v) is 4.81. The molecule has 0 aliphatic carbocycles. The van der Waals surface area contributed by atoms with Crippen molar-refractivity contribution in [1.29, 1.82) is 0 Å². The average Bonchev–Trinajstić information content (AvgIpc) is 3.11. The summed E-state index contributed by atoms with van der Waals surface area (Å²) >= 11 is 1.83. The van der Waals surface area contributed by atoms with Crippen molar-refractivity contribution in [2.45, 2.75) is 31.8 Å². The number of hydrogen-bond acceptors (Lipinski definition) is 5. The number of rotatable bonds is 6. The zero-order valence-electron chi connectivity index (χ0n) is 15.7. The Morgan fingerprint density at radius 1 is 1.19 bits per heavy atom. The summed E-state index contributed by atoms with van der Waals surface area (Å²) in [6.45, 7) is 5.04. The van der Waals surface area contributed by atoms with Crippen LogP contribution in [0.3, 0.4) is 0 Å². The van der Waals surface area contributed by atoms with Gasteiger partial charge in [-0.3, -0.25) is 0 Å². The van der Waals surface area contributed by atoms with Crippen LogP contribution in [0.4, 0.5) is 0 Å². The maximum Gasteiger partial charge on any atom is 0.119 e. The molecule has 0 unspecified atom stereocenters. The normalized spacial score (nSPS) is 17.3. The van der Waals surface area contributed by atoms with Crippen molar-refractivity contribution in [2.24, 2.45) is 0 Å². The molecule has 0 saturated carbocycles. The van der Waals surface area contributed by atoms with E-state index in [9.17, 15) is 5.11 Å². The summed E-state index contributed by atoms with van der Waals surface area (Å²) < 4.78 is 7.01. The second-order valence-electron chi connectivity index (χ2n) is 7.38. The topological polar surface area (TPSA) is 45.6 Å². The highest BCUT2D eigenvalue weighted by molar-refractivity contribution is 7.18. The molecule has 1 saturated heterocycles. The quantitative estimate of drug-likeness (QED) is 0.693. The van der Waals surface area contributed by atoms with Crippen LogP contribution in [0.25, 0.3) is 10.2 Å². The van der Waals surface area contributed by atoms with Crippen LogP contribution >= 0.6 is 11.3 Å². The lowest BCUT2D eigenvalue weighted by Gasteiger charge is -2.32. The summed E-state index contributed by atoms with van der Waals surface area (Å²) in [4.78, 5) is 7.16. The van der Waals surface area contributed by atoms with Gasteiger partial charge < -0.3 is 14.7 Å². The first-order chi connectivity index (χ1) is 13.2. The molecule has 4 nitrogen and oxygen atoms in total. The highest BCUT2D eigenvalue weighted by atomic mass is 32.1. The Hall–Kier alpha value is -1.95. The second-order valence-corrected chi connectivity index (χ2v) is 8.44. The number of ether oxygens (including phenoxy) is 1. The minimum atomic E-state index is -0.468. The first kappa shape index (κ1) is 18.4. The molecule has 1 fully saturated rings. The largest absolute Gasteiger partial charge is 0.491 e. The van der Waals surface area contributed by atoms with Gasteiger partial charge >= 0.3 is 0 Å². The van der Waals surface area contributed by atoms with E-state index in [1.54, 1.807) is 0 Å². The van der Waals surface area contributed by atoms with Gasteiger partial charge in [-0.25, -0.2) is 4.98 Å². The zero-order valence-corrected chi connectivity index (χ0v) is 16.5. The molecule has 1 atom stereocenters. The average molecular weight is 383 g/mol. The maximum absolute atomic E-state index is 10.3. The summed E-state index contributed by atoms with van der Waals surface area (Å²) in [5.41, 5.74) is 2.28. The van der Waals surface area contributed by atoms with Gasteiger partial charge in [-0.2, -0.15) is 0 Å². The van der Waals surface area contributed by atoms with Crippen molar-refractivity contribution in [3.8, 4) is 5.75 Å². The van der Waals surface area contributed by atoms with Gasteiger partial charge in [0.05, 0.1) is 15.2 Å². The molecule has 0 amide bonds. The number of fused-ring (bicyclic) bond motifs is 1. The molecule has 1 N–H and O–H groups in total. The first-order valence-electron chi connectivity index (χ1n) is 9.63. The van der Waals surface area contributed by atoms with E-state index in [1.165, 1.54) is 15.3 Å². The molecule has 0 spiro atoms. The molecule has 1 aliphatic heterocycles. The number of likely N-dealkylation sites (tertiary alicyclic amines) is 1. The van der Waals surface area contributed by atoms with Gasteiger partial charge in [0, 0.05) is 12.5 Å². The summed E-state index contributed by atoms with van der Waals surface area (Å²) in [6.07, 6.45) is 1.74. The molecule has 2 aromatic carbocycles. The van der Waals surface area contributed by atoms with E-state index in [-0.39, 0.29) is 0 Å². The number of aliphatic hydroxyl groups is 1. The number of piperidine rings is 1. The van der Waals surface area contributed by atoms with Crippen LogP contribution in [0.2, 0.25) is 0 Å². The van der Waals surface area contributed by atoms with E-state index in [0.29, 0.717) is 19.1 Å². The molecule has 3 aromatic rings. The third-order valence-corrected chi connectivity index (χ3v) is 6.35. The Bertz CT molecular complexity index is 854. The number of aliphatic hydroxyl groups excluding tert-OH is 1. The maximum atomic E-state index is 10.3. The number of aromatic nitrogens is 1. The van der Waals surface area contributed by atoms with Crippen LogP contribution in [0.1, 0.15) is 29.3 Å². The van der Waals surface area contributed by atoms with Crippen molar-refractivity contribution in [2.75, 3.05) is 26.2 Å². The van der Waals surface area contributed by atoms with Gasteiger partial charge in [0.15, 0.2) is 0 Å². The van der Waals surface area contributed by atoms with Crippen LogP contribution in [0, 0.1) is 6.92 Å². The highest BCUT2D eigenvalue weighted by Gasteiger charge is 2.24. The van der Waals surface area contributed by atoms with Gasteiger partial charge in [-0.1, -0.05) is 24.3 Å². The van der Waals surface area contributed by atoms with Crippen LogP contribution in [0.15, 0.2) is 48.5 Å². The van der Waals surface area contributed by atoms with Crippen LogP contribution < -0.4 is 4.74 Å². The number of nitrogens with zero attached hydrogens (tertiary/aromatic N) is 2. The van der Waals surface area contributed by atoms with E-state index in [1.807, 2.05) is 42.5 Å². The van der Waals surface area contributed by atoms with Gasteiger partial charge in [-0.15, -0.1) is 11.3 Å². The van der Waals surface area contributed by atoms with E-state index in [4.69, 9.17) is 9.72 Å². The lowest BCUT2D eigenvalue weighted by molar-refractivity contribution is 0.0594. The third kappa shape index (κ3) is 4.67. The predicted molar refractivity (Wildman–Crippen MR) is 111 cm³/mol. The van der Waals surface area contributed by atoms with Crippen LogP contribution in [-0.2, 0) is 0 Å². The molecule has 1 aromatic heterocycles. The van der Waals surface area contributed by atoms with E-state index >= 15 is 0 Å². The van der Waals surface area contributed by atoms with Gasteiger partial charge in [-0.05, 0) is 62.7 Å². The number of para-hydroxylation sites is 1. The summed E-state index contributed by atoms with van der Waals surface area (Å²) in [6, 6.07) is 16.3. The molecule has 5 heteroatoms. The summed E-state index contributed by atoms with van der Waals surface area (Å²) in [7, 11) is 0. The minimum Gasteiger partial charge on any atom is -0.491 e. The minimum absolute atomic E-state index is 0.335. The highest BCUT2D eigenvalue weighted by Crippen LogP contribution is 2.33. The molecule has 4 rings (SSSR count). The van der Waals surface area contributed by atoms with Crippen molar-refractivity contribution in [3.05, 3.63) is 59.1 Å². The smallest absolute Gasteiger partial charge is 0.119 e. The number of thiazole rings is 1. The molecule has 142 valence electrons. The number of β-amino-alcohol motifs (C(OH)–C–C–N with tert-alkyl or cyclic N) is 1. The zero-order chi connectivity index (χ0) is 18.6. The molecule has 0 radical (unpaired) electrons. The van der Waals surface area contributed by atoms with Gasteiger partial charge in [0.25, 0.3) is 0 Å². The predicted octanol–water partition coefficient (Wildman–Crippen LogP) is 4.22. The van der Waals surface area contributed by atoms with Crippen molar-refractivity contribution < 1.29 is 9.84 Å². The fraction of sp³-hybridized carbons (Fsp3) is 0.409. The second kappa shape index (κ2) is 8.38. The molecular weight excluding hydrogens is 356 g/mol. The Kier molecular flexibility index (Phi) is 5.72. The molecule has 1 aliphatic rings. The van der Waals surface area contributed by atoms with Crippen molar-refractivity contribution in [1.82, 2.24) is 9.88 Å². The Morgan fingerprint density at radius 2 is 2.00 bits per heavy atom. The summed E-state index contributed by atoms with van der Waals surface area (Å²) in [5, 5.41) is 11.6. The van der Waals surface area contributed by atoms with Gasteiger partial charge in [0.1, 0.15) is 18.5 Å². The SMILES string of the molecule is Cc1cccc(OC[C@@H](O)CN2CCC(c3nc4ccccc4s3)CC2)c1. The monoisotopic (exact) mass is 382 g/mol. The standard InChI is InChI=1S/C22H26N2O2S/c1-16-5-4-6-19(13-16)26-15-18(25)14-24-11-9-17(10-12-24)22-23-20-7-2-3-8-21(20)27-22/h2-8,13,17-18,25H,9-12,14-15H2,1H3/t18-/m0/s1. The molecule has 0 bridgehead atoms. The van der Waals surface area contributed by atoms with Crippen LogP contribution in [0.5, 0.6) is 5.75 Å². The van der Waals surface area contributed by atoms with Crippen LogP contribution in [-0.4, -0.2) is 47.3 Å². The third-order valence-electron chi connectivity index (χ3n) is 5.15. The Labute approximate surface area is 164 Å². The first-order valence-corrected chi connectivity index (χ1v) is 10.4. The van der Waals surface area contributed by atoms with E-state index in [2.05, 4.69) is 29.2 Å². The number of aryl methyl sites for hydroxylation is 1. The Balaban J connectivity index is 1.25. The molecule has 27 heavy (non-hydrogen) atoms. The number of hydrogen-bond donors (Lipinski definition) is 1. The van der Waals surface area contributed by atoms with E-state index < -0.39 is 6.10 Å². The fourth-order valence-electron chi connectivity index (χ4n) is 3.68. The number of benzene rings is 2. The van der Waals surface area contributed by atoms with Crippen molar-refractivity contribution in [3.63, 3.8) is 0 Å². The Morgan fingerprint density at radius 3 is 2.78 bits per heavy atom. The lowest BCUT2D eigenvalue weighted by atomic mass is 9.97. The molecular formula is C22H26N2O2S. The van der Waals surface area contributed by atoms with Crippen molar-refractivity contribution >= 4 is 21.6 Å². The van der Waals surface area contributed by atoms with E-state index in [0.717, 1.165) is 37.2 Å². The summed E-state index contributed by atoms with van der Waals surface area (Å²) in [5.74, 6) is 1.36.